The van der Waals surface area contributed by atoms with E-state index >= 15 is 0 Å². The van der Waals surface area contributed by atoms with E-state index < -0.39 is 21.2 Å². The van der Waals surface area contributed by atoms with Gasteiger partial charge in [0.25, 0.3) is 0 Å². The van der Waals surface area contributed by atoms with Gasteiger partial charge in [0.1, 0.15) is 12.7 Å². The number of carbonyl (C=O) groups is 1. The lowest BCUT2D eigenvalue weighted by Gasteiger charge is -2.11. The predicted octanol–water partition coefficient (Wildman–Crippen LogP) is 0.541. The Hall–Kier alpha value is -2.42. The highest BCUT2D eigenvalue weighted by atomic mass is 32.2. The van der Waals surface area contributed by atoms with E-state index in [1.54, 1.807) is 35.3 Å². The van der Waals surface area contributed by atoms with Crippen LogP contribution in [-0.4, -0.2) is 39.5 Å². The zero-order valence-corrected chi connectivity index (χ0v) is 12.0. The Morgan fingerprint density at radius 1 is 1.38 bits per heavy atom. The van der Waals surface area contributed by atoms with Gasteiger partial charge in [0.15, 0.2) is 5.25 Å². The summed E-state index contributed by atoms with van der Waals surface area (Å²) in [5.74, 6) is -1.40. The van der Waals surface area contributed by atoms with Crippen LogP contribution in [-0.2, 0) is 21.4 Å². The van der Waals surface area contributed by atoms with Gasteiger partial charge in [-0.3, -0.25) is 9.52 Å². The van der Waals surface area contributed by atoms with Gasteiger partial charge < -0.3 is 5.11 Å². The molecule has 8 nitrogen and oxygen atoms in total. The minimum Gasteiger partial charge on any atom is -0.480 e. The number of benzene rings is 1. The number of hydrogen-bond donors (Lipinski definition) is 2. The Balaban J connectivity index is 2.07. The summed E-state index contributed by atoms with van der Waals surface area (Å²) < 4.78 is 27.4. The van der Waals surface area contributed by atoms with Crippen LogP contribution in [0.2, 0.25) is 0 Å². The number of sulfonamides is 1. The van der Waals surface area contributed by atoms with Gasteiger partial charge in [0.05, 0.1) is 6.54 Å². The lowest BCUT2D eigenvalue weighted by Crippen LogP contribution is -2.32. The molecule has 0 saturated carbocycles. The molecule has 1 heterocycles. The van der Waals surface area contributed by atoms with Crippen LogP contribution in [0.3, 0.4) is 0 Å². The van der Waals surface area contributed by atoms with Crippen molar-refractivity contribution >= 4 is 21.7 Å². The second-order valence-corrected chi connectivity index (χ2v) is 6.42. The minimum absolute atomic E-state index is 0.311. The lowest BCUT2D eigenvalue weighted by molar-refractivity contribution is -0.136. The molecule has 0 fully saturated rings. The average molecular weight is 310 g/mol. The van der Waals surface area contributed by atoms with Crippen LogP contribution >= 0.6 is 0 Å². The van der Waals surface area contributed by atoms with Crippen molar-refractivity contribution < 1.29 is 18.3 Å². The molecule has 2 N–H and O–H groups in total. The van der Waals surface area contributed by atoms with Crippen LogP contribution in [0.25, 0.3) is 0 Å². The number of hydrogen-bond acceptors (Lipinski definition) is 5. The molecule has 21 heavy (non-hydrogen) atoms. The Morgan fingerprint density at radius 3 is 2.57 bits per heavy atom. The fraction of sp³-hybridized carbons (Fsp3) is 0.250. The number of carboxylic acids is 1. The van der Waals surface area contributed by atoms with Gasteiger partial charge in [0.2, 0.25) is 10.0 Å². The molecule has 0 radical (unpaired) electrons. The van der Waals surface area contributed by atoms with Gasteiger partial charge in [-0.05, 0) is 24.6 Å². The van der Waals surface area contributed by atoms with Crippen molar-refractivity contribution in [2.24, 2.45) is 0 Å². The highest BCUT2D eigenvalue weighted by Gasteiger charge is 2.27. The fourth-order valence-electron chi connectivity index (χ4n) is 1.57. The molecule has 9 heteroatoms. The van der Waals surface area contributed by atoms with E-state index in [2.05, 4.69) is 14.8 Å². The summed E-state index contributed by atoms with van der Waals surface area (Å²) in [6, 6.07) is 6.59. The van der Waals surface area contributed by atoms with Crippen LogP contribution < -0.4 is 4.72 Å². The molecule has 0 aliphatic rings. The van der Waals surface area contributed by atoms with E-state index in [0.29, 0.717) is 12.2 Å². The third-order valence-electron chi connectivity index (χ3n) is 2.84. The molecule has 0 bridgehead atoms. The van der Waals surface area contributed by atoms with Gasteiger partial charge in [-0.25, -0.2) is 18.1 Å². The molecule has 0 aliphatic carbocycles. The topological polar surface area (TPSA) is 114 Å². The summed E-state index contributed by atoms with van der Waals surface area (Å²) in [4.78, 5) is 14.6. The van der Waals surface area contributed by atoms with E-state index in [9.17, 15) is 13.2 Å². The number of rotatable bonds is 6. The zero-order chi connectivity index (χ0) is 15.5. The highest BCUT2D eigenvalue weighted by Crippen LogP contribution is 2.14. The Kier molecular flexibility index (Phi) is 4.22. The largest absolute Gasteiger partial charge is 0.480 e. The molecule has 2 rings (SSSR count). The van der Waals surface area contributed by atoms with Crippen molar-refractivity contribution in [1.29, 1.82) is 0 Å². The molecular formula is C12H14N4O4S. The lowest BCUT2D eigenvalue weighted by atomic mass is 10.2. The van der Waals surface area contributed by atoms with Crippen molar-refractivity contribution in [3.8, 4) is 0 Å². The van der Waals surface area contributed by atoms with Gasteiger partial charge in [-0.15, -0.1) is 0 Å². The first-order chi connectivity index (χ1) is 9.88. The molecule has 0 aliphatic heterocycles. The van der Waals surface area contributed by atoms with Gasteiger partial charge in [0, 0.05) is 5.69 Å². The van der Waals surface area contributed by atoms with E-state index in [-0.39, 0.29) is 0 Å². The van der Waals surface area contributed by atoms with E-state index in [4.69, 9.17) is 5.11 Å². The summed E-state index contributed by atoms with van der Waals surface area (Å²) in [5.41, 5.74) is 1.22. The second-order valence-electron chi connectivity index (χ2n) is 4.42. The van der Waals surface area contributed by atoms with Crippen molar-refractivity contribution in [2.75, 3.05) is 4.72 Å². The number of aromatic nitrogens is 3. The normalized spacial score (nSPS) is 12.8. The van der Waals surface area contributed by atoms with Crippen LogP contribution in [0.15, 0.2) is 36.9 Å². The van der Waals surface area contributed by atoms with Crippen molar-refractivity contribution in [3.63, 3.8) is 0 Å². The van der Waals surface area contributed by atoms with E-state index in [1.165, 1.54) is 6.33 Å². The molecule has 1 unspecified atom stereocenters. The SMILES string of the molecule is CC(C(=O)O)S(=O)(=O)Nc1ccc(Cn2cncn2)cc1. The summed E-state index contributed by atoms with van der Waals surface area (Å²) in [6.07, 6.45) is 3.00. The smallest absolute Gasteiger partial charge is 0.323 e. The standard InChI is InChI=1S/C12H14N4O4S/c1-9(12(17)18)21(19,20)15-11-4-2-10(3-5-11)6-16-8-13-7-14-16/h2-5,7-9,15H,6H2,1H3,(H,17,18). The van der Waals surface area contributed by atoms with Gasteiger partial charge in [-0.1, -0.05) is 12.1 Å². The van der Waals surface area contributed by atoms with Crippen molar-refractivity contribution in [2.45, 2.75) is 18.7 Å². The summed E-state index contributed by atoms with van der Waals surface area (Å²) in [7, 11) is -3.95. The van der Waals surface area contributed by atoms with Gasteiger partial charge in [-0.2, -0.15) is 5.10 Å². The monoisotopic (exact) mass is 310 g/mol. The summed E-state index contributed by atoms with van der Waals surface area (Å²) in [5, 5.41) is 11.2. The number of anilines is 1. The molecule has 2 aromatic rings. The Bertz CT molecular complexity index is 710. The molecule has 1 atom stereocenters. The maximum Gasteiger partial charge on any atom is 0.323 e. The van der Waals surface area contributed by atoms with Crippen molar-refractivity contribution in [3.05, 3.63) is 42.5 Å². The molecule has 0 spiro atoms. The van der Waals surface area contributed by atoms with E-state index in [1.807, 2.05) is 0 Å². The van der Waals surface area contributed by atoms with Crippen LogP contribution in [0, 0.1) is 0 Å². The summed E-state index contributed by atoms with van der Waals surface area (Å²) >= 11 is 0. The summed E-state index contributed by atoms with van der Waals surface area (Å²) in [6.45, 7) is 1.63. The van der Waals surface area contributed by atoms with Crippen LogP contribution in [0.1, 0.15) is 12.5 Å². The molecule has 0 saturated heterocycles. The third-order valence-corrected chi connectivity index (χ3v) is 4.49. The number of nitrogens with zero attached hydrogens (tertiary/aromatic N) is 3. The first-order valence-electron chi connectivity index (χ1n) is 6.04. The number of nitrogens with one attached hydrogen (secondary N) is 1. The predicted molar refractivity (Wildman–Crippen MR) is 75.2 cm³/mol. The van der Waals surface area contributed by atoms with Crippen molar-refractivity contribution in [1.82, 2.24) is 14.8 Å². The zero-order valence-electron chi connectivity index (χ0n) is 11.2. The molecule has 1 aromatic heterocycles. The van der Waals surface area contributed by atoms with E-state index in [0.717, 1.165) is 12.5 Å². The third kappa shape index (κ3) is 3.78. The highest BCUT2D eigenvalue weighted by molar-refractivity contribution is 7.94. The van der Waals surface area contributed by atoms with Gasteiger partial charge >= 0.3 is 5.97 Å². The quantitative estimate of drug-likeness (QED) is 0.805. The Morgan fingerprint density at radius 2 is 2.05 bits per heavy atom. The average Bonchev–Trinajstić information content (AvgIpc) is 2.92. The minimum atomic E-state index is -3.95. The maximum absolute atomic E-state index is 11.8. The van der Waals surface area contributed by atoms with Crippen LogP contribution in [0.5, 0.6) is 0 Å². The first kappa shape index (κ1) is 15.0. The molecule has 112 valence electrons. The molecule has 1 aromatic carbocycles. The molecule has 0 amide bonds. The van der Waals surface area contributed by atoms with Crippen LogP contribution in [0.4, 0.5) is 5.69 Å². The number of carboxylic acid groups (broad SMARTS) is 1. The Labute approximate surface area is 121 Å². The molecular weight excluding hydrogens is 296 g/mol. The maximum atomic E-state index is 11.8. The first-order valence-corrected chi connectivity index (χ1v) is 7.59. The fourth-order valence-corrected chi connectivity index (χ4v) is 2.47. The number of aliphatic carboxylic acids is 1. The second kappa shape index (κ2) is 5.92.